The molecule has 0 saturated carbocycles. The molecular weight excluding hydrogens is 336 g/mol. The van der Waals surface area contributed by atoms with E-state index < -0.39 is 0 Å². The number of carbonyl (C=O) groups excluding carboxylic acids is 1. The summed E-state index contributed by atoms with van der Waals surface area (Å²) < 4.78 is 0. The maximum absolute atomic E-state index is 12.4. The van der Waals surface area contributed by atoms with E-state index in [0.29, 0.717) is 17.4 Å². The number of hydrogen-bond donors (Lipinski definition) is 2. The van der Waals surface area contributed by atoms with Crippen LogP contribution in [0.2, 0.25) is 0 Å². The van der Waals surface area contributed by atoms with Gasteiger partial charge in [0, 0.05) is 23.8 Å². The van der Waals surface area contributed by atoms with Crippen molar-refractivity contribution in [2.75, 3.05) is 10.6 Å². The molecule has 3 rings (SSSR count). The van der Waals surface area contributed by atoms with E-state index in [1.807, 2.05) is 42.5 Å². The van der Waals surface area contributed by atoms with E-state index >= 15 is 0 Å². The van der Waals surface area contributed by atoms with Crippen molar-refractivity contribution < 1.29 is 4.79 Å². The number of amides is 1. The van der Waals surface area contributed by atoms with E-state index in [2.05, 4.69) is 47.4 Å². The first-order valence-corrected chi connectivity index (χ1v) is 9.15. The van der Waals surface area contributed by atoms with Crippen molar-refractivity contribution in [3.63, 3.8) is 0 Å². The number of benzene rings is 2. The molecule has 0 unspecified atom stereocenters. The first kappa shape index (κ1) is 18.6. The number of para-hydroxylation sites is 1. The summed E-state index contributed by atoms with van der Waals surface area (Å²) in [5, 5.41) is 6.07. The number of nitrogens with one attached hydrogen (secondary N) is 2. The van der Waals surface area contributed by atoms with Gasteiger partial charge in [-0.2, -0.15) is 0 Å². The molecule has 0 aliphatic heterocycles. The minimum atomic E-state index is -0.229. The summed E-state index contributed by atoms with van der Waals surface area (Å²) in [6.45, 7) is 6.38. The highest BCUT2D eigenvalue weighted by molar-refractivity contribution is 6.03. The van der Waals surface area contributed by atoms with Crippen molar-refractivity contribution in [3.8, 4) is 0 Å². The van der Waals surface area contributed by atoms with Crippen molar-refractivity contribution in [1.82, 2.24) is 9.97 Å². The molecule has 0 atom stereocenters. The van der Waals surface area contributed by atoms with Gasteiger partial charge in [-0.05, 0) is 41.7 Å². The molecule has 0 aliphatic rings. The number of aromatic nitrogens is 2. The molecule has 0 radical (unpaired) electrons. The molecule has 0 saturated heterocycles. The number of nitrogens with zero attached hydrogens (tertiary/aromatic N) is 2. The highest BCUT2D eigenvalue weighted by atomic mass is 16.1. The van der Waals surface area contributed by atoms with E-state index in [4.69, 9.17) is 0 Å². The highest BCUT2D eigenvalue weighted by Gasteiger charge is 2.09. The van der Waals surface area contributed by atoms with Gasteiger partial charge in [0.15, 0.2) is 0 Å². The predicted molar refractivity (Wildman–Crippen MR) is 110 cm³/mol. The minimum Gasteiger partial charge on any atom is -0.324 e. The van der Waals surface area contributed by atoms with Crippen LogP contribution in [0.5, 0.6) is 0 Å². The summed E-state index contributed by atoms with van der Waals surface area (Å²) in [6, 6.07) is 15.9. The lowest BCUT2D eigenvalue weighted by molar-refractivity contribution is 0.102. The first-order chi connectivity index (χ1) is 13.1. The normalized spacial score (nSPS) is 10.7. The Kier molecular flexibility index (Phi) is 5.81. The predicted octanol–water partition coefficient (Wildman–Crippen LogP) is 5.16. The molecule has 2 N–H and O–H groups in total. The largest absolute Gasteiger partial charge is 0.324 e. The second-order valence-electron chi connectivity index (χ2n) is 6.66. The third kappa shape index (κ3) is 4.70. The molecule has 27 heavy (non-hydrogen) atoms. The van der Waals surface area contributed by atoms with E-state index in [1.165, 1.54) is 23.5 Å². The quantitative estimate of drug-likeness (QED) is 0.637. The zero-order chi connectivity index (χ0) is 19.2. The van der Waals surface area contributed by atoms with Crippen LogP contribution in [0.25, 0.3) is 0 Å². The molecule has 1 amide bonds. The van der Waals surface area contributed by atoms with Crippen LogP contribution in [0.4, 0.5) is 17.3 Å². The Bertz CT molecular complexity index is 902. The van der Waals surface area contributed by atoms with Crippen LogP contribution in [0.15, 0.2) is 60.9 Å². The van der Waals surface area contributed by atoms with Crippen LogP contribution in [-0.4, -0.2) is 15.9 Å². The Hall–Kier alpha value is -3.21. The Morgan fingerprint density at radius 2 is 1.67 bits per heavy atom. The molecule has 3 aromatic rings. The summed E-state index contributed by atoms with van der Waals surface area (Å²) in [5.74, 6) is 0.697. The number of anilines is 3. The maximum atomic E-state index is 12.4. The summed E-state index contributed by atoms with van der Waals surface area (Å²) in [4.78, 5) is 20.9. The Morgan fingerprint density at radius 3 is 2.30 bits per heavy atom. The number of aryl methyl sites for hydroxylation is 1. The van der Waals surface area contributed by atoms with Crippen LogP contribution in [0, 0.1) is 0 Å². The average molecular weight is 360 g/mol. The van der Waals surface area contributed by atoms with Gasteiger partial charge in [-0.1, -0.05) is 51.1 Å². The number of rotatable bonds is 6. The van der Waals surface area contributed by atoms with Gasteiger partial charge in [0.25, 0.3) is 5.91 Å². The van der Waals surface area contributed by atoms with Gasteiger partial charge in [-0.15, -0.1) is 0 Å². The maximum Gasteiger partial charge on any atom is 0.258 e. The van der Waals surface area contributed by atoms with Crippen molar-refractivity contribution in [1.29, 1.82) is 0 Å². The minimum absolute atomic E-state index is 0.229. The van der Waals surface area contributed by atoms with Crippen molar-refractivity contribution in [2.24, 2.45) is 0 Å². The van der Waals surface area contributed by atoms with Gasteiger partial charge >= 0.3 is 0 Å². The van der Waals surface area contributed by atoms with Gasteiger partial charge in [0.1, 0.15) is 0 Å². The Morgan fingerprint density at radius 1 is 1.00 bits per heavy atom. The van der Waals surface area contributed by atoms with E-state index in [-0.39, 0.29) is 5.91 Å². The smallest absolute Gasteiger partial charge is 0.258 e. The average Bonchev–Trinajstić information content (AvgIpc) is 2.69. The van der Waals surface area contributed by atoms with Crippen LogP contribution in [-0.2, 0) is 6.42 Å². The molecule has 1 aromatic heterocycles. The Balaban J connectivity index is 1.66. The fraction of sp³-hybridized carbons (Fsp3) is 0.227. The van der Waals surface area contributed by atoms with Crippen LogP contribution >= 0.6 is 0 Å². The van der Waals surface area contributed by atoms with Crippen LogP contribution < -0.4 is 10.6 Å². The van der Waals surface area contributed by atoms with Crippen LogP contribution in [0.1, 0.15) is 48.2 Å². The van der Waals surface area contributed by atoms with E-state index in [1.54, 1.807) is 0 Å². The lowest BCUT2D eigenvalue weighted by atomic mass is 10.0. The fourth-order valence-corrected chi connectivity index (χ4v) is 2.74. The molecular formula is C22H24N4O. The molecule has 0 fully saturated rings. The van der Waals surface area contributed by atoms with Gasteiger partial charge in [-0.3, -0.25) is 4.79 Å². The van der Waals surface area contributed by atoms with Crippen molar-refractivity contribution in [3.05, 3.63) is 77.6 Å². The molecule has 0 bridgehead atoms. The molecule has 0 spiro atoms. The molecule has 5 nitrogen and oxygen atoms in total. The topological polar surface area (TPSA) is 66.9 Å². The highest BCUT2D eigenvalue weighted by Crippen LogP contribution is 2.20. The van der Waals surface area contributed by atoms with E-state index in [9.17, 15) is 4.79 Å². The van der Waals surface area contributed by atoms with Gasteiger partial charge < -0.3 is 10.6 Å². The first-order valence-electron chi connectivity index (χ1n) is 9.15. The van der Waals surface area contributed by atoms with E-state index in [0.717, 1.165) is 17.8 Å². The lowest BCUT2D eigenvalue weighted by Gasteiger charge is -2.10. The van der Waals surface area contributed by atoms with Gasteiger partial charge in [0.05, 0.1) is 5.56 Å². The second kappa shape index (κ2) is 8.45. The van der Waals surface area contributed by atoms with Gasteiger partial charge in [0.2, 0.25) is 5.95 Å². The zero-order valence-electron chi connectivity index (χ0n) is 15.9. The third-order valence-corrected chi connectivity index (χ3v) is 4.39. The fourth-order valence-electron chi connectivity index (χ4n) is 2.74. The molecule has 5 heteroatoms. The monoisotopic (exact) mass is 360 g/mol. The molecule has 2 aromatic carbocycles. The summed E-state index contributed by atoms with van der Waals surface area (Å²) in [5.41, 5.74) is 4.56. The van der Waals surface area contributed by atoms with Crippen molar-refractivity contribution >= 4 is 23.2 Å². The number of hydrogen-bond acceptors (Lipinski definition) is 4. The second-order valence-corrected chi connectivity index (χ2v) is 6.66. The standard InChI is InChI=1S/C22H24N4O/c1-4-16-7-5-6-8-20(16)26-22-23-13-18(14-24-22)21(27)25-19-11-9-17(10-12-19)15(2)3/h5-15H,4H2,1-3H3,(H,25,27)(H,23,24,26). The van der Waals surface area contributed by atoms with Crippen molar-refractivity contribution in [2.45, 2.75) is 33.1 Å². The SMILES string of the molecule is CCc1ccccc1Nc1ncc(C(=O)Nc2ccc(C(C)C)cc2)cn1. The third-order valence-electron chi connectivity index (χ3n) is 4.39. The van der Waals surface area contributed by atoms with Gasteiger partial charge in [-0.25, -0.2) is 9.97 Å². The molecule has 0 aliphatic carbocycles. The summed E-state index contributed by atoms with van der Waals surface area (Å²) in [7, 11) is 0. The lowest BCUT2D eigenvalue weighted by Crippen LogP contribution is -2.13. The summed E-state index contributed by atoms with van der Waals surface area (Å²) >= 11 is 0. The van der Waals surface area contributed by atoms with Crippen LogP contribution in [0.3, 0.4) is 0 Å². The molecule has 1 heterocycles. The number of carbonyl (C=O) groups is 1. The zero-order valence-corrected chi connectivity index (χ0v) is 15.9. The summed E-state index contributed by atoms with van der Waals surface area (Å²) in [6.07, 6.45) is 3.97. The Labute approximate surface area is 159 Å². The molecule has 138 valence electrons.